The lowest BCUT2D eigenvalue weighted by molar-refractivity contribution is 0.0954. The molecule has 4 heteroatoms. The Morgan fingerprint density at radius 2 is 2.00 bits per heavy atom. The van der Waals surface area contributed by atoms with Gasteiger partial charge in [-0.2, -0.15) is 0 Å². The highest BCUT2D eigenvalue weighted by atomic mass is 16.1. The van der Waals surface area contributed by atoms with Gasteiger partial charge in [0.15, 0.2) is 0 Å². The van der Waals surface area contributed by atoms with Crippen LogP contribution in [0.4, 0.5) is 5.69 Å². The number of aryl methyl sites for hydroxylation is 1. The summed E-state index contributed by atoms with van der Waals surface area (Å²) in [7, 11) is 0. The van der Waals surface area contributed by atoms with E-state index in [0.29, 0.717) is 17.8 Å². The van der Waals surface area contributed by atoms with Crippen molar-refractivity contribution in [1.82, 2.24) is 10.3 Å². The van der Waals surface area contributed by atoms with E-state index in [4.69, 9.17) is 5.73 Å². The van der Waals surface area contributed by atoms with Crippen molar-refractivity contribution in [3.8, 4) is 0 Å². The van der Waals surface area contributed by atoms with Crippen LogP contribution in [0, 0.1) is 6.92 Å². The fourth-order valence-corrected chi connectivity index (χ4v) is 1.75. The topological polar surface area (TPSA) is 68.0 Å². The predicted octanol–water partition coefficient (Wildman–Crippen LogP) is 1.94. The van der Waals surface area contributed by atoms with E-state index in [2.05, 4.69) is 10.3 Å². The summed E-state index contributed by atoms with van der Waals surface area (Å²) in [6.07, 6.45) is 4.28. The van der Waals surface area contributed by atoms with E-state index in [1.165, 1.54) is 0 Å². The van der Waals surface area contributed by atoms with Crippen LogP contribution in [0.2, 0.25) is 0 Å². The lowest BCUT2D eigenvalue weighted by atomic mass is 10.1. The van der Waals surface area contributed by atoms with Crippen LogP contribution in [0.25, 0.3) is 0 Å². The molecule has 0 radical (unpaired) electrons. The molecule has 0 saturated heterocycles. The van der Waals surface area contributed by atoms with Crippen LogP contribution in [0.5, 0.6) is 0 Å². The summed E-state index contributed by atoms with van der Waals surface area (Å²) in [4.78, 5) is 15.9. The third-order valence-electron chi connectivity index (χ3n) is 2.99. The molecule has 98 valence electrons. The number of hydrogen-bond donors (Lipinski definition) is 2. The Hall–Kier alpha value is -2.36. The highest BCUT2D eigenvalue weighted by Gasteiger charge is 2.06. The number of nitrogens with one attached hydrogen (secondary N) is 1. The van der Waals surface area contributed by atoms with Gasteiger partial charge in [0, 0.05) is 30.2 Å². The van der Waals surface area contributed by atoms with Crippen molar-refractivity contribution in [2.75, 3.05) is 12.3 Å². The van der Waals surface area contributed by atoms with Crippen LogP contribution in [-0.2, 0) is 6.42 Å². The number of hydrogen-bond acceptors (Lipinski definition) is 3. The zero-order valence-electron chi connectivity index (χ0n) is 10.9. The summed E-state index contributed by atoms with van der Waals surface area (Å²) in [5.41, 5.74) is 9.16. The second kappa shape index (κ2) is 6.00. The molecule has 0 aliphatic carbocycles. The van der Waals surface area contributed by atoms with Crippen LogP contribution in [-0.4, -0.2) is 17.4 Å². The summed E-state index contributed by atoms with van der Waals surface area (Å²) in [5, 5.41) is 2.88. The summed E-state index contributed by atoms with van der Waals surface area (Å²) in [6.45, 7) is 2.51. The molecule has 0 fully saturated rings. The average molecular weight is 255 g/mol. The Morgan fingerprint density at radius 3 is 2.68 bits per heavy atom. The Balaban J connectivity index is 1.89. The van der Waals surface area contributed by atoms with Gasteiger partial charge in [0.25, 0.3) is 5.91 Å². The van der Waals surface area contributed by atoms with Crippen molar-refractivity contribution in [3.63, 3.8) is 0 Å². The molecule has 0 aliphatic heterocycles. The molecule has 2 aromatic rings. The summed E-state index contributed by atoms with van der Waals surface area (Å²) in [6, 6.07) is 9.23. The van der Waals surface area contributed by atoms with Crippen molar-refractivity contribution >= 4 is 11.6 Å². The number of aromatic nitrogens is 1. The number of amides is 1. The number of anilines is 1. The summed E-state index contributed by atoms with van der Waals surface area (Å²) < 4.78 is 0. The SMILES string of the molecule is Cc1ccc(C(=O)NCCc2ccncc2)cc1N. The molecule has 2 rings (SSSR count). The minimum atomic E-state index is -0.0965. The smallest absolute Gasteiger partial charge is 0.251 e. The first-order valence-electron chi connectivity index (χ1n) is 6.20. The average Bonchev–Trinajstić information content (AvgIpc) is 2.43. The van der Waals surface area contributed by atoms with Crippen molar-refractivity contribution in [1.29, 1.82) is 0 Å². The first-order chi connectivity index (χ1) is 9.16. The van der Waals surface area contributed by atoms with Gasteiger partial charge in [-0.25, -0.2) is 0 Å². The van der Waals surface area contributed by atoms with E-state index in [-0.39, 0.29) is 5.91 Å². The van der Waals surface area contributed by atoms with E-state index in [1.54, 1.807) is 24.5 Å². The van der Waals surface area contributed by atoms with Crippen molar-refractivity contribution in [2.24, 2.45) is 0 Å². The van der Waals surface area contributed by atoms with Crippen molar-refractivity contribution < 1.29 is 4.79 Å². The van der Waals surface area contributed by atoms with Gasteiger partial charge < -0.3 is 11.1 Å². The Bertz CT molecular complexity index is 567. The maximum atomic E-state index is 11.9. The Morgan fingerprint density at radius 1 is 1.26 bits per heavy atom. The zero-order valence-corrected chi connectivity index (χ0v) is 10.9. The third-order valence-corrected chi connectivity index (χ3v) is 2.99. The van der Waals surface area contributed by atoms with Gasteiger partial charge in [0.05, 0.1) is 0 Å². The molecule has 1 heterocycles. The van der Waals surface area contributed by atoms with Gasteiger partial charge in [0.1, 0.15) is 0 Å². The number of nitrogens with two attached hydrogens (primary N) is 1. The van der Waals surface area contributed by atoms with Crippen LogP contribution >= 0.6 is 0 Å². The molecule has 1 aromatic heterocycles. The van der Waals surface area contributed by atoms with Gasteiger partial charge in [-0.05, 0) is 48.7 Å². The molecular formula is C15H17N3O. The second-order valence-electron chi connectivity index (χ2n) is 4.43. The van der Waals surface area contributed by atoms with E-state index < -0.39 is 0 Å². The van der Waals surface area contributed by atoms with Gasteiger partial charge in [0.2, 0.25) is 0 Å². The molecular weight excluding hydrogens is 238 g/mol. The first-order valence-corrected chi connectivity index (χ1v) is 6.20. The molecule has 0 atom stereocenters. The molecule has 0 bridgehead atoms. The highest BCUT2D eigenvalue weighted by molar-refractivity contribution is 5.95. The van der Waals surface area contributed by atoms with Crippen LogP contribution < -0.4 is 11.1 Å². The minimum absolute atomic E-state index is 0.0965. The number of pyridine rings is 1. The molecule has 1 amide bonds. The largest absolute Gasteiger partial charge is 0.398 e. The lowest BCUT2D eigenvalue weighted by Gasteiger charge is -2.07. The van der Waals surface area contributed by atoms with E-state index in [1.807, 2.05) is 25.1 Å². The third kappa shape index (κ3) is 3.55. The van der Waals surface area contributed by atoms with E-state index >= 15 is 0 Å². The molecule has 0 saturated carbocycles. The first kappa shape index (κ1) is 13.1. The minimum Gasteiger partial charge on any atom is -0.398 e. The number of rotatable bonds is 4. The van der Waals surface area contributed by atoms with E-state index in [0.717, 1.165) is 17.5 Å². The molecule has 4 nitrogen and oxygen atoms in total. The summed E-state index contributed by atoms with van der Waals surface area (Å²) in [5.74, 6) is -0.0965. The molecule has 0 spiro atoms. The fraction of sp³-hybridized carbons (Fsp3) is 0.200. The van der Waals surface area contributed by atoms with Gasteiger partial charge in [-0.15, -0.1) is 0 Å². The number of benzene rings is 1. The fourth-order valence-electron chi connectivity index (χ4n) is 1.75. The normalized spacial score (nSPS) is 10.2. The molecule has 19 heavy (non-hydrogen) atoms. The Kier molecular flexibility index (Phi) is 4.13. The van der Waals surface area contributed by atoms with Crippen LogP contribution in [0.15, 0.2) is 42.7 Å². The zero-order chi connectivity index (χ0) is 13.7. The highest BCUT2D eigenvalue weighted by Crippen LogP contribution is 2.12. The maximum absolute atomic E-state index is 11.9. The predicted molar refractivity (Wildman–Crippen MR) is 75.9 cm³/mol. The molecule has 1 aromatic carbocycles. The lowest BCUT2D eigenvalue weighted by Crippen LogP contribution is -2.25. The van der Waals surface area contributed by atoms with Gasteiger partial charge >= 0.3 is 0 Å². The van der Waals surface area contributed by atoms with Gasteiger partial charge in [-0.3, -0.25) is 9.78 Å². The summed E-state index contributed by atoms with van der Waals surface area (Å²) >= 11 is 0. The number of carbonyl (C=O) groups is 1. The maximum Gasteiger partial charge on any atom is 0.251 e. The number of nitrogens with zero attached hydrogens (tertiary/aromatic N) is 1. The molecule has 0 aliphatic rings. The van der Waals surface area contributed by atoms with Gasteiger partial charge in [-0.1, -0.05) is 6.07 Å². The van der Waals surface area contributed by atoms with Crippen LogP contribution in [0.1, 0.15) is 21.5 Å². The van der Waals surface area contributed by atoms with Crippen LogP contribution in [0.3, 0.4) is 0 Å². The molecule has 0 unspecified atom stereocenters. The quantitative estimate of drug-likeness (QED) is 0.820. The van der Waals surface area contributed by atoms with Crippen molar-refractivity contribution in [2.45, 2.75) is 13.3 Å². The number of nitrogen functional groups attached to an aromatic ring is 1. The second-order valence-corrected chi connectivity index (χ2v) is 4.43. The number of carbonyl (C=O) groups excluding carboxylic acids is 1. The molecule has 3 N–H and O–H groups in total. The van der Waals surface area contributed by atoms with E-state index in [9.17, 15) is 4.79 Å². The standard InChI is InChI=1S/C15H17N3O/c1-11-2-3-13(10-14(11)16)15(19)18-9-6-12-4-7-17-8-5-12/h2-5,7-8,10H,6,9,16H2,1H3,(H,18,19). The Labute approximate surface area is 112 Å². The monoisotopic (exact) mass is 255 g/mol. The van der Waals surface area contributed by atoms with Crippen molar-refractivity contribution in [3.05, 3.63) is 59.4 Å².